The Morgan fingerprint density at radius 1 is 1.53 bits per heavy atom. The molecule has 1 saturated carbocycles. The average molecular weight is 272 g/mol. The molecule has 0 bridgehead atoms. The van der Waals surface area contributed by atoms with Gasteiger partial charge in [-0.15, -0.1) is 0 Å². The van der Waals surface area contributed by atoms with E-state index >= 15 is 0 Å². The summed E-state index contributed by atoms with van der Waals surface area (Å²) in [7, 11) is 1.55. The van der Waals surface area contributed by atoms with Gasteiger partial charge in [-0.1, -0.05) is 12.8 Å². The first-order chi connectivity index (χ1) is 8.91. The van der Waals surface area contributed by atoms with Gasteiger partial charge in [0.1, 0.15) is 0 Å². The molecule has 3 atom stereocenters. The van der Waals surface area contributed by atoms with Crippen molar-refractivity contribution in [3.8, 4) is 0 Å². The van der Waals surface area contributed by atoms with Crippen LogP contribution in [0.25, 0.3) is 0 Å². The smallest absolute Gasteiger partial charge is 0.311 e. The maximum absolute atomic E-state index is 11.9. The zero-order valence-corrected chi connectivity index (χ0v) is 11.6. The minimum absolute atomic E-state index is 0.295. The predicted octanol–water partition coefficient (Wildman–Crippen LogP) is 0.500. The fourth-order valence-electron chi connectivity index (χ4n) is 2.48. The molecule has 0 spiro atoms. The van der Waals surface area contributed by atoms with Crippen LogP contribution in [0.4, 0.5) is 0 Å². The summed E-state index contributed by atoms with van der Waals surface area (Å²) in [6, 6.07) is -1.00. The fraction of sp³-hybridized carbons (Fsp3) is 0.846. The molecule has 3 unspecified atom stereocenters. The summed E-state index contributed by atoms with van der Waals surface area (Å²) < 4.78 is 4.88. The molecule has 1 aliphatic rings. The lowest BCUT2D eigenvalue weighted by Crippen LogP contribution is -2.55. The number of ether oxygens (including phenoxy) is 1. The molecule has 0 aliphatic heterocycles. The van der Waals surface area contributed by atoms with Gasteiger partial charge in [-0.2, -0.15) is 0 Å². The zero-order valence-electron chi connectivity index (χ0n) is 11.6. The largest absolute Gasteiger partial charge is 0.481 e. The molecule has 1 amide bonds. The third-order valence-electron chi connectivity index (χ3n) is 3.98. The summed E-state index contributed by atoms with van der Waals surface area (Å²) in [5, 5.41) is 12.2. The molecular formula is C13H24N2O4. The molecule has 4 N–H and O–H groups in total. The summed E-state index contributed by atoms with van der Waals surface area (Å²) in [5.41, 5.74) is 4.85. The molecule has 6 nitrogen and oxygen atoms in total. The molecule has 0 aromatic carbocycles. The maximum Gasteiger partial charge on any atom is 0.311 e. The number of amides is 1. The van der Waals surface area contributed by atoms with Gasteiger partial charge in [-0.05, 0) is 26.2 Å². The van der Waals surface area contributed by atoms with Crippen LogP contribution < -0.4 is 11.1 Å². The Morgan fingerprint density at radius 3 is 2.79 bits per heavy atom. The second kappa shape index (κ2) is 6.86. The van der Waals surface area contributed by atoms with Crippen LogP contribution in [0.3, 0.4) is 0 Å². The van der Waals surface area contributed by atoms with E-state index in [-0.39, 0.29) is 11.9 Å². The quantitative estimate of drug-likeness (QED) is 0.653. The number of carboxylic acid groups (broad SMARTS) is 1. The van der Waals surface area contributed by atoms with Gasteiger partial charge in [0.15, 0.2) is 0 Å². The molecule has 0 radical (unpaired) electrons. The summed E-state index contributed by atoms with van der Waals surface area (Å²) in [5.74, 6) is -1.15. The fourth-order valence-corrected chi connectivity index (χ4v) is 2.48. The Kier molecular flexibility index (Phi) is 5.75. The average Bonchev–Trinajstić information content (AvgIpc) is 2.38. The van der Waals surface area contributed by atoms with Crippen LogP contribution in [0.2, 0.25) is 0 Å². The van der Waals surface area contributed by atoms with E-state index in [1.807, 2.05) is 0 Å². The number of nitrogens with two attached hydrogens (primary N) is 1. The van der Waals surface area contributed by atoms with Crippen LogP contribution in [0.15, 0.2) is 0 Å². The molecule has 1 fully saturated rings. The van der Waals surface area contributed by atoms with Gasteiger partial charge in [0, 0.05) is 19.8 Å². The van der Waals surface area contributed by atoms with Crippen LogP contribution in [0.1, 0.15) is 39.0 Å². The van der Waals surface area contributed by atoms with Crippen LogP contribution in [-0.2, 0) is 14.3 Å². The van der Waals surface area contributed by atoms with Crippen LogP contribution in [0.5, 0.6) is 0 Å². The van der Waals surface area contributed by atoms with Crippen LogP contribution >= 0.6 is 0 Å². The molecule has 0 aromatic rings. The first-order valence-corrected chi connectivity index (χ1v) is 6.70. The summed E-state index contributed by atoms with van der Waals surface area (Å²) in [6.07, 6.45) is 3.51. The number of carboxylic acids is 1. The van der Waals surface area contributed by atoms with Gasteiger partial charge in [-0.3, -0.25) is 9.59 Å². The van der Waals surface area contributed by atoms with Gasteiger partial charge in [-0.25, -0.2) is 0 Å². The predicted molar refractivity (Wildman–Crippen MR) is 70.6 cm³/mol. The highest BCUT2D eigenvalue weighted by molar-refractivity contribution is 5.83. The van der Waals surface area contributed by atoms with Crippen molar-refractivity contribution in [2.75, 3.05) is 13.7 Å². The Balaban J connectivity index is 2.62. The third kappa shape index (κ3) is 3.91. The Labute approximate surface area is 113 Å². The highest BCUT2D eigenvalue weighted by atomic mass is 16.5. The number of hydrogen-bond donors (Lipinski definition) is 3. The van der Waals surface area contributed by atoms with E-state index in [1.165, 1.54) is 0 Å². The summed E-state index contributed by atoms with van der Waals surface area (Å²) in [4.78, 5) is 23.4. The monoisotopic (exact) mass is 272 g/mol. The molecule has 1 aliphatic carbocycles. The first-order valence-electron chi connectivity index (χ1n) is 6.70. The van der Waals surface area contributed by atoms with Gasteiger partial charge in [0.05, 0.1) is 11.5 Å². The molecule has 0 aromatic heterocycles. The number of methoxy groups -OCH3 is 1. The van der Waals surface area contributed by atoms with Crippen molar-refractivity contribution in [3.05, 3.63) is 0 Å². The Hall–Kier alpha value is -1.14. The second-order valence-corrected chi connectivity index (χ2v) is 5.42. The highest BCUT2D eigenvalue weighted by Crippen LogP contribution is 2.36. The lowest BCUT2D eigenvalue weighted by molar-refractivity contribution is -0.152. The Bertz CT molecular complexity index is 335. The molecule has 110 valence electrons. The molecule has 0 saturated heterocycles. The highest BCUT2D eigenvalue weighted by Gasteiger charge is 2.44. The van der Waals surface area contributed by atoms with E-state index in [0.29, 0.717) is 25.9 Å². The molecule has 19 heavy (non-hydrogen) atoms. The molecule has 0 heterocycles. The first kappa shape index (κ1) is 15.9. The van der Waals surface area contributed by atoms with E-state index in [4.69, 9.17) is 10.5 Å². The number of hydrogen-bond acceptors (Lipinski definition) is 4. The van der Waals surface area contributed by atoms with E-state index in [2.05, 4.69) is 5.32 Å². The van der Waals surface area contributed by atoms with E-state index in [1.54, 1.807) is 14.0 Å². The van der Waals surface area contributed by atoms with E-state index in [0.717, 1.165) is 12.8 Å². The maximum atomic E-state index is 11.9. The number of nitrogens with one attached hydrogen (secondary N) is 1. The number of carbonyl (C=O) groups excluding carboxylic acids is 1. The van der Waals surface area contributed by atoms with Crippen LogP contribution in [0, 0.1) is 5.41 Å². The van der Waals surface area contributed by atoms with Gasteiger partial charge >= 0.3 is 5.97 Å². The summed E-state index contributed by atoms with van der Waals surface area (Å²) >= 11 is 0. The van der Waals surface area contributed by atoms with Crippen LogP contribution in [-0.4, -0.2) is 42.8 Å². The van der Waals surface area contributed by atoms with E-state index in [9.17, 15) is 14.7 Å². The lowest BCUT2D eigenvalue weighted by Gasteiger charge is -2.38. The summed E-state index contributed by atoms with van der Waals surface area (Å²) in [6.45, 7) is 2.11. The minimum atomic E-state index is -0.894. The van der Waals surface area contributed by atoms with E-state index < -0.39 is 17.4 Å². The molecule has 6 heteroatoms. The standard InChI is InChI=1S/C13H24N2O4/c1-13(12(17)18)7-4-3-5-10(13)15-11(16)9(14)6-8-19-2/h9-10H,3-8,14H2,1-2H3,(H,15,16)(H,17,18). The van der Waals surface area contributed by atoms with Crippen molar-refractivity contribution in [2.24, 2.45) is 11.1 Å². The lowest BCUT2D eigenvalue weighted by atomic mass is 9.71. The number of aliphatic carboxylic acids is 1. The van der Waals surface area contributed by atoms with Crippen molar-refractivity contribution in [1.82, 2.24) is 5.32 Å². The SMILES string of the molecule is COCCC(N)C(=O)NC1CCCCC1(C)C(=O)O. The van der Waals surface area contributed by atoms with Gasteiger partial charge in [0.25, 0.3) is 0 Å². The zero-order chi connectivity index (χ0) is 14.5. The normalized spacial score (nSPS) is 28.7. The topological polar surface area (TPSA) is 102 Å². The molecule has 1 rings (SSSR count). The van der Waals surface area contributed by atoms with Gasteiger partial charge < -0.3 is 20.9 Å². The number of rotatable bonds is 6. The van der Waals surface area contributed by atoms with Crippen molar-refractivity contribution >= 4 is 11.9 Å². The number of carbonyl (C=O) groups is 2. The van der Waals surface area contributed by atoms with Crippen molar-refractivity contribution < 1.29 is 19.4 Å². The second-order valence-electron chi connectivity index (χ2n) is 5.42. The third-order valence-corrected chi connectivity index (χ3v) is 3.98. The van der Waals surface area contributed by atoms with Crippen molar-refractivity contribution in [3.63, 3.8) is 0 Å². The minimum Gasteiger partial charge on any atom is -0.481 e. The molecular weight excluding hydrogens is 248 g/mol. The van der Waals surface area contributed by atoms with Gasteiger partial charge in [0.2, 0.25) is 5.91 Å². The van der Waals surface area contributed by atoms with Crippen molar-refractivity contribution in [2.45, 2.75) is 51.1 Å². The Morgan fingerprint density at radius 2 is 2.21 bits per heavy atom. The van der Waals surface area contributed by atoms with Crippen molar-refractivity contribution in [1.29, 1.82) is 0 Å².